The fourth-order valence-electron chi connectivity index (χ4n) is 2.26. The van der Waals surface area contributed by atoms with Crippen LogP contribution in [0.1, 0.15) is 21.5 Å². The Bertz CT molecular complexity index is 913. The molecule has 0 unspecified atom stereocenters. The van der Waals surface area contributed by atoms with E-state index in [-0.39, 0.29) is 16.5 Å². The average Bonchev–Trinajstić information content (AvgIpc) is 2.53. The molecule has 0 aliphatic rings. The van der Waals surface area contributed by atoms with Crippen LogP contribution in [0.5, 0.6) is 5.75 Å². The molecule has 0 aliphatic carbocycles. The lowest BCUT2D eigenvalue weighted by molar-refractivity contribution is 0.0947. The van der Waals surface area contributed by atoms with Crippen LogP contribution >= 0.6 is 11.6 Å². The van der Waals surface area contributed by atoms with Crippen LogP contribution < -0.4 is 14.8 Å². The van der Waals surface area contributed by atoms with Gasteiger partial charge in [0.25, 0.3) is 5.91 Å². The van der Waals surface area contributed by atoms with Crippen LogP contribution in [0.4, 0.5) is 5.69 Å². The van der Waals surface area contributed by atoms with Crippen molar-refractivity contribution in [2.45, 2.75) is 13.8 Å². The van der Waals surface area contributed by atoms with Crippen LogP contribution in [-0.2, 0) is 10.0 Å². The molecule has 8 heteroatoms. The summed E-state index contributed by atoms with van der Waals surface area (Å²) in [5.74, 6) is 0.430. The molecule has 0 fully saturated rings. The van der Waals surface area contributed by atoms with Crippen molar-refractivity contribution in [3.05, 3.63) is 58.1 Å². The summed E-state index contributed by atoms with van der Waals surface area (Å²) in [6, 6.07) is 10.3. The summed E-state index contributed by atoms with van der Waals surface area (Å²) in [7, 11) is -3.40. The quantitative estimate of drug-likeness (QED) is 0.704. The van der Waals surface area contributed by atoms with Crippen molar-refractivity contribution in [3.63, 3.8) is 0 Å². The van der Waals surface area contributed by atoms with Crippen molar-refractivity contribution in [1.82, 2.24) is 5.32 Å². The van der Waals surface area contributed by atoms with Gasteiger partial charge < -0.3 is 10.1 Å². The van der Waals surface area contributed by atoms with Gasteiger partial charge in [0, 0.05) is 5.69 Å². The molecule has 26 heavy (non-hydrogen) atoms. The molecule has 0 saturated heterocycles. The molecule has 0 aliphatic heterocycles. The smallest absolute Gasteiger partial charge is 0.252 e. The first-order valence-electron chi connectivity index (χ1n) is 7.91. The summed E-state index contributed by atoms with van der Waals surface area (Å²) >= 11 is 6.07. The number of ether oxygens (including phenoxy) is 1. The normalized spacial score (nSPS) is 11.1. The number of aryl methyl sites for hydroxylation is 2. The molecule has 0 heterocycles. The fraction of sp³-hybridized carbons (Fsp3) is 0.278. The van der Waals surface area contributed by atoms with Crippen LogP contribution in [0, 0.1) is 13.8 Å². The molecular formula is C18H21ClN2O4S. The van der Waals surface area contributed by atoms with Crippen molar-refractivity contribution < 1.29 is 17.9 Å². The first-order valence-corrected chi connectivity index (χ1v) is 10.2. The van der Waals surface area contributed by atoms with Gasteiger partial charge in [0.05, 0.1) is 23.4 Å². The Kier molecular flexibility index (Phi) is 6.50. The Labute approximate surface area is 158 Å². The maximum Gasteiger partial charge on any atom is 0.252 e. The first kappa shape index (κ1) is 20.1. The monoisotopic (exact) mass is 396 g/mol. The summed E-state index contributed by atoms with van der Waals surface area (Å²) < 4.78 is 30.4. The van der Waals surface area contributed by atoms with Gasteiger partial charge in [-0.3, -0.25) is 9.52 Å². The number of halogens is 1. The molecule has 2 aromatic carbocycles. The second-order valence-corrected chi connectivity index (χ2v) is 8.10. The van der Waals surface area contributed by atoms with Crippen molar-refractivity contribution >= 4 is 33.2 Å². The second kappa shape index (κ2) is 8.42. The lowest BCUT2D eigenvalue weighted by Gasteiger charge is -2.12. The van der Waals surface area contributed by atoms with Crippen molar-refractivity contribution in [3.8, 4) is 5.75 Å². The molecule has 140 valence electrons. The van der Waals surface area contributed by atoms with Crippen LogP contribution in [0.25, 0.3) is 0 Å². The zero-order chi connectivity index (χ0) is 19.3. The highest BCUT2D eigenvalue weighted by Crippen LogP contribution is 2.22. The molecular weight excluding hydrogens is 376 g/mol. The van der Waals surface area contributed by atoms with Crippen molar-refractivity contribution in [1.29, 1.82) is 0 Å². The third-order valence-electron chi connectivity index (χ3n) is 3.51. The summed E-state index contributed by atoms with van der Waals surface area (Å²) in [6.07, 6.45) is 1.04. The van der Waals surface area contributed by atoms with Crippen LogP contribution in [0.15, 0.2) is 36.4 Å². The number of rotatable bonds is 7. The SMILES string of the molecule is Cc1ccc(C)c(OCCNC(=O)c2ccc(NS(C)(=O)=O)cc2Cl)c1. The predicted octanol–water partition coefficient (Wildman–Crippen LogP) is 3.14. The number of carbonyl (C=O) groups is 1. The van der Waals surface area contributed by atoms with E-state index in [1.807, 2.05) is 32.0 Å². The van der Waals surface area contributed by atoms with E-state index in [1.165, 1.54) is 18.2 Å². The van der Waals surface area contributed by atoms with Gasteiger partial charge in [0.15, 0.2) is 0 Å². The number of sulfonamides is 1. The summed E-state index contributed by atoms with van der Waals surface area (Å²) in [5.41, 5.74) is 2.69. The molecule has 0 atom stereocenters. The summed E-state index contributed by atoms with van der Waals surface area (Å²) in [4.78, 5) is 12.2. The molecule has 0 spiro atoms. The van der Waals surface area contributed by atoms with E-state index in [4.69, 9.17) is 16.3 Å². The number of hydrogen-bond acceptors (Lipinski definition) is 4. The minimum atomic E-state index is -3.40. The van der Waals surface area contributed by atoms with Gasteiger partial charge in [-0.15, -0.1) is 0 Å². The fourth-order valence-corrected chi connectivity index (χ4v) is 3.08. The van der Waals surface area contributed by atoms with Crippen LogP contribution in [0.2, 0.25) is 5.02 Å². The lowest BCUT2D eigenvalue weighted by Crippen LogP contribution is -2.28. The molecule has 0 bridgehead atoms. The third kappa shape index (κ3) is 5.93. The molecule has 0 aromatic heterocycles. The van der Waals surface area contributed by atoms with Gasteiger partial charge in [-0.05, 0) is 49.2 Å². The molecule has 1 amide bonds. The highest BCUT2D eigenvalue weighted by molar-refractivity contribution is 7.92. The summed E-state index contributed by atoms with van der Waals surface area (Å²) in [5, 5.41) is 2.88. The second-order valence-electron chi connectivity index (χ2n) is 5.94. The number of hydrogen-bond donors (Lipinski definition) is 2. The minimum Gasteiger partial charge on any atom is -0.491 e. The summed E-state index contributed by atoms with van der Waals surface area (Å²) in [6.45, 7) is 4.57. The molecule has 2 N–H and O–H groups in total. The standard InChI is InChI=1S/C18H21ClN2O4S/c1-12-4-5-13(2)17(10-12)25-9-8-20-18(22)15-7-6-14(11-16(15)19)21-26(3,23)24/h4-7,10-11,21H,8-9H2,1-3H3,(H,20,22). The van der Waals surface area contributed by atoms with Gasteiger partial charge in [-0.25, -0.2) is 8.42 Å². The van der Waals surface area contributed by atoms with Gasteiger partial charge in [0.2, 0.25) is 10.0 Å². The van der Waals surface area contributed by atoms with Crippen LogP contribution in [-0.4, -0.2) is 33.7 Å². The molecule has 2 rings (SSSR count). The Morgan fingerprint density at radius 2 is 1.88 bits per heavy atom. The molecule has 2 aromatic rings. The van der Waals surface area contributed by atoms with Crippen molar-refractivity contribution in [2.24, 2.45) is 0 Å². The highest BCUT2D eigenvalue weighted by atomic mass is 35.5. The zero-order valence-corrected chi connectivity index (χ0v) is 16.4. The minimum absolute atomic E-state index is 0.159. The highest BCUT2D eigenvalue weighted by Gasteiger charge is 2.12. The molecule has 6 nitrogen and oxygen atoms in total. The Morgan fingerprint density at radius 3 is 2.54 bits per heavy atom. The average molecular weight is 397 g/mol. The number of amides is 1. The maximum atomic E-state index is 12.2. The molecule has 0 saturated carbocycles. The van der Waals surface area contributed by atoms with Gasteiger partial charge in [-0.2, -0.15) is 0 Å². The van der Waals surface area contributed by atoms with Crippen LogP contribution in [0.3, 0.4) is 0 Å². The van der Waals surface area contributed by atoms with Gasteiger partial charge in [0.1, 0.15) is 12.4 Å². The third-order valence-corrected chi connectivity index (χ3v) is 4.42. The van der Waals surface area contributed by atoms with Gasteiger partial charge >= 0.3 is 0 Å². The van der Waals surface area contributed by atoms with E-state index in [1.54, 1.807) is 0 Å². The lowest BCUT2D eigenvalue weighted by atomic mass is 10.1. The number of carbonyl (C=O) groups excluding carboxylic acids is 1. The largest absolute Gasteiger partial charge is 0.491 e. The van der Waals surface area contributed by atoms with E-state index in [9.17, 15) is 13.2 Å². The topological polar surface area (TPSA) is 84.5 Å². The Morgan fingerprint density at radius 1 is 1.15 bits per heavy atom. The number of benzene rings is 2. The number of nitrogens with one attached hydrogen (secondary N) is 2. The van der Waals surface area contributed by atoms with E-state index in [2.05, 4.69) is 10.0 Å². The van der Waals surface area contributed by atoms with E-state index < -0.39 is 10.0 Å². The van der Waals surface area contributed by atoms with Crippen molar-refractivity contribution in [2.75, 3.05) is 24.1 Å². The predicted molar refractivity (Wildman–Crippen MR) is 104 cm³/mol. The molecule has 0 radical (unpaired) electrons. The Hall–Kier alpha value is -2.25. The maximum absolute atomic E-state index is 12.2. The van der Waals surface area contributed by atoms with E-state index in [0.717, 1.165) is 23.1 Å². The Balaban J connectivity index is 1.90. The van der Waals surface area contributed by atoms with E-state index >= 15 is 0 Å². The zero-order valence-electron chi connectivity index (χ0n) is 14.8. The number of anilines is 1. The van der Waals surface area contributed by atoms with Gasteiger partial charge in [-0.1, -0.05) is 23.7 Å². The van der Waals surface area contributed by atoms with E-state index in [0.29, 0.717) is 18.8 Å². The first-order chi connectivity index (χ1) is 12.2.